The van der Waals surface area contributed by atoms with E-state index in [1.165, 1.54) is 23.0 Å². The van der Waals surface area contributed by atoms with Crippen LogP contribution in [0, 0.1) is 0 Å². The highest BCUT2D eigenvalue weighted by Gasteiger charge is 2.09. The van der Waals surface area contributed by atoms with Crippen LogP contribution in [0.4, 0.5) is 11.5 Å². The Labute approximate surface area is 106 Å². The zero-order valence-corrected chi connectivity index (χ0v) is 10.6. The second-order valence-electron chi connectivity index (χ2n) is 3.74. The largest absolute Gasteiger partial charge is 0.383 e. The molecular formula is C10H13N5O2S. The molecule has 0 atom stereocenters. The van der Waals surface area contributed by atoms with Gasteiger partial charge in [0.15, 0.2) is 0 Å². The number of hydrogen-bond acceptors (Lipinski definition) is 6. The fourth-order valence-electron chi connectivity index (χ4n) is 1.48. The van der Waals surface area contributed by atoms with E-state index in [1.54, 1.807) is 5.51 Å². The van der Waals surface area contributed by atoms with E-state index >= 15 is 0 Å². The highest BCUT2D eigenvalue weighted by molar-refractivity contribution is 7.07. The standard InChI is InChI=1S/C10H13N5O2S/c1-15-8(11)7(9(16)14-10(15)17)12-3-2-6-4-18-5-13-6/h4-5,12H,2-3,11H2,1H3,(H,14,16,17). The fraction of sp³-hybridized carbons (Fsp3) is 0.300. The smallest absolute Gasteiger partial charge is 0.329 e. The van der Waals surface area contributed by atoms with Gasteiger partial charge in [0.25, 0.3) is 5.56 Å². The van der Waals surface area contributed by atoms with Crippen LogP contribution < -0.4 is 22.3 Å². The predicted molar refractivity (Wildman–Crippen MR) is 71.0 cm³/mol. The first-order chi connectivity index (χ1) is 8.59. The Morgan fingerprint density at radius 3 is 3.00 bits per heavy atom. The lowest BCUT2D eigenvalue weighted by molar-refractivity contribution is 0.811. The second-order valence-corrected chi connectivity index (χ2v) is 4.45. The number of nitrogens with zero attached hydrogens (tertiary/aromatic N) is 2. The van der Waals surface area contributed by atoms with Crippen molar-refractivity contribution < 1.29 is 0 Å². The average Bonchev–Trinajstić information content (AvgIpc) is 2.84. The predicted octanol–water partition coefficient (Wildman–Crippen LogP) is -0.233. The van der Waals surface area contributed by atoms with Gasteiger partial charge in [-0.05, 0) is 0 Å². The van der Waals surface area contributed by atoms with Gasteiger partial charge in [-0.25, -0.2) is 9.78 Å². The molecule has 18 heavy (non-hydrogen) atoms. The van der Waals surface area contributed by atoms with Crippen molar-refractivity contribution in [3.63, 3.8) is 0 Å². The van der Waals surface area contributed by atoms with E-state index in [0.717, 1.165) is 5.69 Å². The SMILES string of the molecule is Cn1c(N)c(NCCc2cscn2)c(=O)[nH]c1=O. The maximum absolute atomic E-state index is 11.6. The van der Waals surface area contributed by atoms with Gasteiger partial charge in [0.05, 0.1) is 11.2 Å². The van der Waals surface area contributed by atoms with Crippen molar-refractivity contribution in [3.05, 3.63) is 37.4 Å². The molecule has 4 N–H and O–H groups in total. The number of H-pyrrole nitrogens is 1. The van der Waals surface area contributed by atoms with Gasteiger partial charge in [-0.2, -0.15) is 0 Å². The van der Waals surface area contributed by atoms with E-state index in [1.807, 2.05) is 5.38 Å². The molecule has 96 valence electrons. The van der Waals surface area contributed by atoms with E-state index in [-0.39, 0.29) is 11.5 Å². The highest BCUT2D eigenvalue weighted by Crippen LogP contribution is 2.08. The number of rotatable bonds is 4. The van der Waals surface area contributed by atoms with E-state index in [9.17, 15) is 9.59 Å². The second kappa shape index (κ2) is 5.05. The summed E-state index contributed by atoms with van der Waals surface area (Å²) in [5.74, 6) is 0.127. The molecule has 0 saturated carbocycles. The van der Waals surface area contributed by atoms with Crippen molar-refractivity contribution in [1.29, 1.82) is 0 Å². The molecule has 0 spiro atoms. The number of aromatic nitrogens is 3. The van der Waals surface area contributed by atoms with Crippen LogP contribution in [0.2, 0.25) is 0 Å². The summed E-state index contributed by atoms with van der Waals surface area (Å²) in [5, 5.41) is 4.86. The number of hydrogen-bond donors (Lipinski definition) is 3. The molecule has 2 aromatic rings. The number of nitrogens with one attached hydrogen (secondary N) is 2. The third kappa shape index (κ3) is 2.43. The normalized spacial score (nSPS) is 10.5. The topological polar surface area (TPSA) is 106 Å². The molecule has 0 bridgehead atoms. The lowest BCUT2D eigenvalue weighted by Crippen LogP contribution is -2.32. The average molecular weight is 267 g/mol. The minimum absolute atomic E-state index is 0.127. The van der Waals surface area contributed by atoms with Crippen LogP contribution in [0.25, 0.3) is 0 Å². The summed E-state index contributed by atoms with van der Waals surface area (Å²) in [4.78, 5) is 29.2. The molecule has 2 aromatic heterocycles. The fourth-order valence-corrected chi connectivity index (χ4v) is 2.08. The van der Waals surface area contributed by atoms with E-state index < -0.39 is 11.2 Å². The first-order valence-electron chi connectivity index (χ1n) is 5.29. The van der Waals surface area contributed by atoms with Crippen LogP contribution in [0.3, 0.4) is 0 Å². The molecular weight excluding hydrogens is 254 g/mol. The Morgan fingerprint density at radius 2 is 2.33 bits per heavy atom. The summed E-state index contributed by atoms with van der Waals surface area (Å²) in [6.45, 7) is 0.523. The number of thiazole rings is 1. The Kier molecular flexibility index (Phi) is 3.47. The lowest BCUT2D eigenvalue weighted by atomic mass is 10.3. The minimum Gasteiger partial charge on any atom is -0.383 e. The van der Waals surface area contributed by atoms with Crippen molar-refractivity contribution in [1.82, 2.24) is 14.5 Å². The zero-order valence-electron chi connectivity index (χ0n) is 9.77. The quantitative estimate of drug-likeness (QED) is 0.709. The van der Waals surface area contributed by atoms with Crippen LogP contribution in [0.15, 0.2) is 20.5 Å². The molecule has 0 aliphatic carbocycles. The summed E-state index contributed by atoms with van der Waals surface area (Å²) in [6.07, 6.45) is 0.686. The molecule has 7 nitrogen and oxygen atoms in total. The van der Waals surface area contributed by atoms with E-state index in [2.05, 4.69) is 15.3 Å². The van der Waals surface area contributed by atoms with E-state index in [4.69, 9.17) is 5.73 Å². The van der Waals surface area contributed by atoms with Crippen molar-refractivity contribution in [3.8, 4) is 0 Å². The van der Waals surface area contributed by atoms with Crippen molar-refractivity contribution in [2.75, 3.05) is 17.6 Å². The van der Waals surface area contributed by atoms with Crippen LogP contribution in [-0.2, 0) is 13.5 Å². The van der Waals surface area contributed by atoms with Crippen molar-refractivity contribution in [2.45, 2.75) is 6.42 Å². The van der Waals surface area contributed by atoms with Crippen LogP contribution in [0.5, 0.6) is 0 Å². The van der Waals surface area contributed by atoms with Gasteiger partial charge in [-0.15, -0.1) is 11.3 Å². The molecule has 0 amide bonds. The molecule has 0 unspecified atom stereocenters. The van der Waals surface area contributed by atoms with Crippen molar-refractivity contribution in [2.24, 2.45) is 7.05 Å². The summed E-state index contributed by atoms with van der Waals surface area (Å²) in [6, 6.07) is 0. The van der Waals surface area contributed by atoms with Crippen LogP contribution >= 0.6 is 11.3 Å². The Morgan fingerprint density at radius 1 is 1.56 bits per heavy atom. The number of anilines is 2. The Hall–Kier alpha value is -2.09. The third-order valence-electron chi connectivity index (χ3n) is 2.54. The van der Waals surface area contributed by atoms with Crippen LogP contribution in [-0.4, -0.2) is 21.1 Å². The first kappa shape index (κ1) is 12.4. The molecule has 0 aliphatic rings. The molecule has 0 saturated heterocycles. The lowest BCUT2D eigenvalue weighted by Gasteiger charge is -2.09. The number of aromatic amines is 1. The Bertz CT molecular complexity index is 643. The van der Waals surface area contributed by atoms with Gasteiger partial charge in [0.1, 0.15) is 11.5 Å². The molecule has 8 heteroatoms. The third-order valence-corrected chi connectivity index (χ3v) is 3.17. The minimum atomic E-state index is -0.525. The number of nitrogen functional groups attached to an aromatic ring is 1. The summed E-state index contributed by atoms with van der Waals surface area (Å²) < 4.78 is 1.19. The molecule has 2 heterocycles. The number of nitrogens with two attached hydrogens (primary N) is 1. The van der Waals surface area contributed by atoms with Gasteiger partial charge in [0, 0.05) is 25.4 Å². The maximum Gasteiger partial charge on any atom is 0.329 e. The molecule has 0 aliphatic heterocycles. The summed E-state index contributed by atoms with van der Waals surface area (Å²) in [5.41, 5.74) is 7.60. The Balaban J connectivity index is 2.12. The summed E-state index contributed by atoms with van der Waals surface area (Å²) in [7, 11) is 1.50. The molecule has 0 fully saturated rings. The zero-order chi connectivity index (χ0) is 13.1. The van der Waals surface area contributed by atoms with Crippen LogP contribution in [0.1, 0.15) is 5.69 Å². The first-order valence-corrected chi connectivity index (χ1v) is 6.23. The monoisotopic (exact) mass is 267 g/mol. The van der Waals surface area contributed by atoms with Crippen molar-refractivity contribution >= 4 is 22.8 Å². The van der Waals surface area contributed by atoms with Gasteiger partial charge < -0.3 is 11.1 Å². The van der Waals surface area contributed by atoms with Gasteiger partial charge in [0.2, 0.25) is 0 Å². The maximum atomic E-state index is 11.6. The van der Waals surface area contributed by atoms with Gasteiger partial charge in [-0.1, -0.05) is 0 Å². The molecule has 2 rings (SSSR count). The molecule has 0 radical (unpaired) electrons. The molecule has 0 aromatic carbocycles. The highest BCUT2D eigenvalue weighted by atomic mass is 32.1. The summed E-state index contributed by atoms with van der Waals surface area (Å²) >= 11 is 1.52. The van der Waals surface area contributed by atoms with E-state index in [0.29, 0.717) is 13.0 Å². The van der Waals surface area contributed by atoms with Gasteiger partial charge in [-0.3, -0.25) is 14.3 Å². The van der Waals surface area contributed by atoms with Gasteiger partial charge >= 0.3 is 5.69 Å².